The monoisotopic (exact) mass is 369 g/mol. The van der Waals surface area contributed by atoms with E-state index < -0.39 is 15.5 Å². The molecule has 1 aromatic carbocycles. The van der Waals surface area contributed by atoms with Crippen molar-refractivity contribution in [2.75, 3.05) is 11.4 Å². The average molecular weight is 369 g/mol. The Morgan fingerprint density at radius 2 is 2.00 bits per heavy atom. The van der Waals surface area contributed by atoms with Gasteiger partial charge in [-0.1, -0.05) is 12.1 Å². The summed E-state index contributed by atoms with van der Waals surface area (Å²) in [6.07, 6.45) is -0.288. The number of rotatable bonds is 2. The first-order valence-corrected chi connectivity index (χ1v) is 7.40. The second-order valence-electron chi connectivity index (χ2n) is 3.76. The molecule has 0 radical (unpaired) electrons. The molecule has 4 nitrogen and oxygen atoms in total. The predicted molar refractivity (Wildman–Crippen MR) is 69.9 cm³/mol. The van der Waals surface area contributed by atoms with E-state index in [9.17, 15) is 17.1 Å². The zero-order valence-corrected chi connectivity index (χ0v) is 11.6. The smallest absolute Gasteiger partial charge is 0.307 e. The van der Waals surface area contributed by atoms with Gasteiger partial charge in [-0.15, -0.1) is 3.89 Å². The average Bonchev–Trinajstić information content (AvgIpc) is 2.61. The molecule has 0 aromatic heterocycles. The van der Waals surface area contributed by atoms with E-state index in [0.717, 1.165) is 3.57 Å². The lowest BCUT2D eigenvalue weighted by Crippen LogP contribution is -2.27. The van der Waals surface area contributed by atoms with Gasteiger partial charge < -0.3 is 4.90 Å². The van der Waals surface area contributed by atoms with E-state index in [1.807, 2.05) is 6.07 Å². The number of benzene rings is 1. The second kappa shape index (κ2) is 4.52. The van der Waals surface area contributed by atoms with Crippen LogP contribution in [0, 0.1) is 3.57 Å². The van der Waals surface area contributed by atoms with E-state index in [2.05, 4.69) is 22.6 Å². The minimum atomic E-state index is -4.65. The SMILES string of the molecule is O=C1CC(S(=O)(=O)F)CN1c1ccccc1I. The Balaban J connectivity index is 2.31. The van der Waals surface area contributed by atoms with E-state index in [0.29, 0.717) is 5.69 Å². The Bertz CT molecular complexity index is 560. The van der Waals surface area contributed by atoms with Gasteiger partial charge in [-0.25, -0.2) is 0 Å². The molecule has 1 fully saturated rings. The number of anilines is 1. The molecular formula is C10H9FINO3S. The highest BCUT2D eigenvalue weighted by Gasteiger charge is 2.39. The standard InChI is InChI=1S/C10H9FINO3S/c11-17(15,16)7-5-10(14)13(6-7)9-4-2-1-3-8(9)12/h1-4,7H,5-6H2. The van der Waals surface area contributed by atoms with Crippen LogP contribution in [0.4, 0.5) is 9.57 Å². The highest BCUT2D eigenvalue weighted by molar-refractivity contribution is 14.1. The van der Waals surface area contributed by atoms with Crippen LogP contribution < -0.4 is 4.90 Å². The minimum absolute atomic E-state index is 0.113. The van der Waals surface area contributed by atoms with Gasteiger partial charge in [0.05, 0.1) is 5.69 Å². The van der Waals surface area contributed by atoms with Crippen LogP contribution in [0.2, 0.25) is 0 Å². The maximum absolute atomic E-state index is 12.8. The first-order chi connectivity index (χ1) is 7.89. The van der Waals surface area contributed by atoms with Crippen molar-refractivity contribution in [1.29, 1.82) is 0 Å². The van der Waals surface area contributed by atoms with Crippen molar-refractivity contribution in [3.63, 3.8) is 0 Å². The third kappa shape index (κ3) is 2.59. The summed E-state index contributed by atoms with van der Waals surface area (Å²) in [5, 5.41) is -1.24. The molecule has 1 aliphatic rings. The van der Waals surface area contributed by atoms with Gasteiger partial charge in [-0.05, 0) is 34.7 Å². The van der Waals surface area contributed by atoms with Gasteiger partial charge in [-0.2, -0.15) is 8.42 Å². The lowest BCUT2D eigenvalue weighted by Gasteiger charge is -2.17. The number of para-hydroxylation sites is 1. The minimum Gasteiger partial charge on any atom is -0.310 e. The lowest BCUT2D eigenvalue weighted by atomic mass is 10.3. The number of carbonyl (C=O) groups excluding carboxylic acids is 1. The summed E-state index contributed by atoms with van der Waals surface area (Å²) in [4.78, 5) is 13.0. The van der Waals surface area contributed by atoms with Crippen molar-refractivity contribution < 1.29 is 17.1 Å². The van der Waals surface area contributed by atoms with Crippen LogP contribution in [0.25, 0.3) is 0 Å². The Hall–Kier alpha value is -0.700. The highest BCUT2D eigenvalue weighted by Crippen LogP contribution is 2.29. The fourth-order valence-electron chi connectivity index (χ4n) is 1.77. The van der Waals surface area contributed by atoms with Crippen LogP contribution in [0.15, 0.2) is 24.3 Å². The van der Waals surface area contributed by atoms with Gasteiger partial charge in [0, 0.05) is 16.5 Å². The van der Waals surface area contributed by atoms with Crippen LogP contribution in [0.5, 0.6) is 0 Å². The molecule has 0 aliphatic carbocycles. The Kier molecular flexibility index (Phi) is 3.39. The first-order valence-electron chi connectivity index (χ1n) is 4.88. The van der Waals surface area contributed by atoms with E-state index in [1.54, 1.807) is 18.2 Å². The number of hydrogen-bond donors (Lipinski definition) is 0. The molecule has 1 amide bonds. The summed E-state index contributed by atoms with van der Waals surface area (Å²) in [6, 6.07) is 7.09. The molecule has 0 spiro atoms. The number of carbonyl (C=O) groups is 1. The van der Waals surface area contributed by atoms with Gasteiger partial charge in [0.15, 0.2) is 0 Å². The van der Waals surface area contributed by atoms with Gasteiger partial charge in [0.2, 0.25) is 5.91 Å². The molecule has 0 N–H and O–H groups in total. The van der Waals surface area contributed by atoms with Crippen molar-refractivity contribution >= 4 is 44.4 Å². The van der Waals surface area contributed by atoms with Gasteiger partial charge in [0.25, 0.3) is 0 Å². The Labute approximate surface area is 112 Å². The molecule has 2 rings (SSSR count). The zero-order chi connectivity index (χ0) is 12.6. The summed E-state index contributed by atoms with van der Waals surface area (Å²) in [6.45, 7) is -0.113. The summed E-state index contributed by atoms with van der Waals surface area (Å²) in [5.74, 6) is -0.361. The van der Waals surface area contributed by atoms with Crippen LogP contribution >= 0.6 is 22.6 Å². The maximum atomic E-state index is 12.8. The summed E-state index contributed by atoms with van der Waals surface area (Å²) >= 11 is 2.05. The molecule has 1 aromatic rings. The van der Waals surface area contributed by atoms with Crippen LogP contribution in [-0.4, -0.2) is 26.1 Å². The molecule has 1 saturated heterocycles. The highest BCUT2D eigenvalue weighted by atomic mass is 127. The van der Waals surface area contributed by atoms with E-state index in [-0.39, 0.29) is 18.9 Å². The van der Waals surface area contributed by atoms with Crippen molar-refractivity contribution in [1.82, 2.24) is 0 Å². The predicted octanol–water partition coefficient (Wildman–Crippen LogP) is 1.70. The van der Waals surface area contributed by atoms with Crippen molar-refractivity contribution in [2.45, 2.75) is 11.7 Å². The largest absolute Gasteiger partial charge is 0.310 e. The second-order valence-corrected chi connectivity index (χ2v) is 6.54. The number of nitrogens with zero attached hydrogens (tertiary/aromatic N) is 1. The van der Waals surface area contributed by atoms with E-state index in [4.69, 9.17) is 0 Å². The zero-order valence-electron chi connectivity index (χ0n) is 8.64. The van der Waals surface area contributed by atoms with Gasteiger partial charge in [-0.3, -0.25) is 4.79 Å². The molecule has 1 atom stereocenters. The fourth-order valence-corrected chi connectivity index (χ4v) is 3.11. The molecule has 1 unspecified atom stereocenters. The van der Waals surface area contributed by atoms with E-state index >= 15 is 0 Å². The van der Waals surface area contributed by atoms with Crippen LogP contribution in [-0.2, 0) is 15.0 Å². The Morgan fingerprint density at radius 1 is 1.35 bits per heavy atom. The van der Waals surface area contributed by atoms with Gasteiger partial charge in [0.1, 0.15) is 5.25 Å². The first kappa shape index (κ1) is 12.7. The molecule has 0 bridgehead atoms. The lowest BCUT2D eigenvalue weighted by molar-refractivity contribution is -0.117. The fraction of sp³-hybridized carbons (Fsp3) is 0.300. The Morgan fingerprint density at radius 3 is 2.53 bits per heavy atom. The quantitative estimate of drug-likeness (QED) is 0.589. The van der Waals surface area contributed by atoms with Crippen LogP contribution in [0.1, 0.15) is 6.42 Å². The molecule has 7 heteroatoms. The van der Waals surface area contributed by atoms with Gasteiger partial charge >= 0.3 is 10.2 Å². The van der Waals surface area contributed by atoms with E-state index in [1.165, 1.54) is 4.90 Å². The van der Waals surface area contributed by atoms with Crippen molar-refractivity contribution in [3.8, 4) is 0 Å². The number of amides is 1. The summed E-state index contributed by atoms with van der Waals surface area (Å²) < 4.78 is 35.3. The topological polar surface area (TPSA) is 54.5 Å². The third-order valence-corrected chi connectivity index (χ3v) is 4.66. The summed E-state index contributed by atoms with van der Waals surface area (Å²) in [5.41, 5.74) is 0.629. The third-order valence-electron chi connectivity index (χ3n) is 2.63. The van der Waals surface area contributed by atoms with Crippen molar-refractivity contribution in [3.05, 3.63) is 27.8 Å². The molecule has 0 saturated carbocycles. The molecule has 92 valence electrons. The summed E-state index contributed by atoms with van der Waals surface area (Å²) in [7, 11) is -4.65. The van der Waals surface area contributed by atoms with Crippen LogP contribution in [0.3, 0.4) is 0 Å². The normalized spacial score (nSPS) is 20.9. The molecule has 1 heterocycles. The number of hydrogen-bond acceptors (Lipinski definition) is 3. The number of halogens is 2. The molecule has 1 aliphatic heterocycles. The maximum Gasteiger partial charge on any atom is 0.307 e. The molecular weight excluding hydrogens is 360 g/mol. The van der Waals surface area contributed by atoms with Crippen molar-refractivity contribution in [2.24, 2.45) is 0 Å². The molecule has 17 heavy (non-hydrogen) atoms.